The maximum absolute atomic E-state index is 12.7. The lowest BCUT2D eigenvalue weighted by Crippen LogP contribution is -2.22. The first-order valence-corrected chi connectivity index (χ1v) is 9.36. The molecule has 24 heavy (non-hydrogen) atoms. The lowest BCUT2D eigenvalue weighted by molar-refractivity contribution is -0.124. The number of amides is 1. The second-order valence-electron chi connectivity index (χ2n) is 5.67. The van der Waals surface area contributed by atoms with Crippen LogP contribution in [0.25, 0.3) is 0 Å². The van der Waals surface area contributed by atoms with Gasteiger partial charge >= 0.3 is 0 Å². The summed E-state index contributed by atoms with van der Waals surface area (Å²) in [6.07, 6.45) is 1.55. The number of halogens is 2. The van der Waals surface area contributed by atoms with Crippen molar-refractivity contribution in [3.8, 4) is 0 Å². The molecule has 1 aromatic rings. The van der Waals surface area contributed by atoms with Gasteiger partial charge in [-0.05, 0) is 24.6 Å². The number of sulfone groups is 1. The van der Waals surface area contributed by atoms with Crippen molar-refractivity contribution >= 4 is 44.7 Å². The fourth-order valence-corrected chi connectivity index (χ4v) is 4.38. The summed E-state index contributed by atoms with van der Waals surface area (Å²) in [5, 5.41) is 5.59. The Morgan fingerprint density at radius 3 is 2.46 bits per heavy atom. The molecule has 1 aliphatic heterocycles. The quantitative estimate of drug-likeness (QED) is 0.740. The van der Waals surface area contributed by atoms with E-state index in [1.807, 2.05) is 0 Å². The van der Waals surface area contributed by atoms with Crippen molar-refractivity contribution in [1.82, 2.24) is 9.91 Å². The van der Waals surface area contributed by atoms with Crippen molar-refractivity contribution in [2.24, 2.45) is 5.10 Å². The summed E-state index contributed by atoms with van der Waals surface area (Å²) >= 11 is 12.0. The van der Waals surface area contributed by atoms with E-state index < -0.39 is 15.6 Å². The molecule has 9 heteroatoms. The van der Waals surface area contributed by atoms with Crippen LogP contribution in [0, 0.1) is 6.92 Å². The van der Waals surface area contributed by atoms with Gasteiger partial charge in [-0.3, -0.25) is 4.79 Å². The number of benzene rings is 1. The van der Waals surface area contributed by atoms with Crippen LogP contribution < -0.4 is 0 Å². The number of aryl methyl sites for hydroxylation is 1. The number of rotatable bonds is 4. The molecule has 1 heterocycles. The zero-order chi connectivity index (χ0) is 18.2. The van der Waals surface area contributed by atoms with Crippen LogP contribution in [0.5, 0.6) is 0 Å². The lowest BCUT2D eigenvalue weighted by atomic mass is 10.2. The molecule has 130 valence electrons. The first-order valence-electron chi connectivity index (χ1n) is 6.95. The largest absolute Gasteiger partial charge is 0.383 e. The number of hydrogen-bond acceptors (Lipinski definition) is 5. The Hall–Kier alpha value is -1.57. The third-order valence-corrected chi connectivity index (χ3v) is 5.86. The van der Waals surface area contributed by atoms with Crippen LogP contribution in [0.1, 0.15) is 5.56 Å². The van der Waals surface area contributed by atoms with Crippen LogP contribution >= 0.6 is 23.2 Å². The highest BCUT2D eigenvalue weighted by atomic mass is 35.5. The molecule has 0 atom stereocenters. The number of carbonyl (C=O) groups excluding carboxylic acids is 1. The highest BCUT2D eigenvalue weighted by Gasteiger charge is 2.32. The number of hydrazone groups is 1. The van der Waals surface area contributed by atoms with Gasteiger partial charge in [-0.25, -0.2) is 13.4 Å². The molecule has 1 amide bonds. The van der Waals surface area contributed by atoms with Gasteiger partial charge in [0.05, 0.1) is 27.0 Å². The van der Waals surface area contributed by atoms with Crippen LogP contribution in [0.15, 0.2) is 33.9 Å². The molecule has 0 fully saturated rings. The molecule has 0 bridgehead atoms. The monoisotopic (exact) mass is 389 g/mol. The van der Waals surface area contributed by atoms with Crippen LogP contribution in [-0.2, 0) is 14.6 Å². The zero-order valence-corrected chi connectivity index (χ0v) is 16.0. The van der Waals surface area contributed by atoms with Gasteiger partial charge in [0.15, 0.2) is 9.84 Å². The third-order valence-electron chi connectivity index (χ3n) is 3.37. The summed E-state index contributed by atoms with van der Waals surface area (Å²) in [6, 6.07) is 2.83. The summed E-state index contributed by atoms with van der Waals surface area (Å²) in [4.78, 5) is 13.8. The zero-order valence-electron chi connectivity index (χ0n) is 13.7. The van der Waals surface area contributed by atoms with Gasteiger partial charge in [0.2, 0.25) is 0 Å². The average Bonchev–Trinajstić information content (AvgIpc) is 2.69. The smallest absolute Gasteiger partial charge is 0.277 e. The predicted molar refractivity (Wildman–Crippen MR) is 95.2 cm³/mol. The van der Waals surface area contributed by atoms with E-state index in [9.17, 15) is 13.2 Å². The Balaban J connectivity index is 2.44. The third kappa shape index (κ3) is 3.74. The van der Waals surface area contributed by atoms with Crippen LogP contribution in [0.3, 0.4) is 0 Å². The molecule has 0 spiro atoms. The minimum Gasteiger partial charge on any atom is -0.383 e. The number of carbonyl (C=O) groups is 1. The molecule has 1 aliphatic rings. The van der Waals surface area contributed by atoms with E-state index in [1.54, 1.807) is 32.1 Å². The van der Waals surface area contributed by atoms with Crippen LogP contribution in [0.4, 0.5) is 0 Å². The van der Waals surface area contributed by atoms with E-state index >= 15 is 0 Å². The highest BCUT2D eigenvalue weighted by molar-refractivity contribution is 7.92. The maximum Gasteiger partial charge on any atom is 0.277 e. The van der Waals surface area contributed by atoms with E-state index in [2.05, 4.69) is 5.10 Å². The average molecular weight is 390 g/mol. The van der Waals surface area contributed by atoms with Crippen LogP contribution in [0.2, 0.25) is 10.0 Å². The first-order chi connectivity index (χ1) is 11.0. The summed E-state index contributed by atoms with van der Waals surface area (Å²) in [6.45, 7) is 1.69. The predicted octanol–water partition coefficient (Wildman–Crippen LogP) is 2.35. The second kappa shape index (κ2) is 6.74. The molecule has 0 N–H and O–H groups in total. The molecule has 0 saturated heterocycles. The van der Waals surface area contributed by atoms with E-state index in [-0.39, 0.29) is 27.1 Å². The minimum absolute atomic E-state index is 0.0278. The second-order valence-corrected chi connectivity index (χ2v) is 8.45. The topological polar surface area (TPSA) is 70.0 Å². The van der Waals surface area contributed by atoms with Crippen molar-refractivity contribution in [3.05, 3.63) is 39.5 Å². The number of hydrogen-bond donors (Lipinski definition) is 0. The Kier molecular flexibility index (Phi) is 5.27. The lowest BCUT2D eigenvalue weighted by Gasteiger charge is -2.10. The molecular formula is C15H17Cl2N3O3S. The standard InChI is InChI=1S/C15H17Cl2N3O3S/c1-9-5-14(12(17)6-11(9)16)24(22,23)8-13-10(7-19(2)3)15(21)20(4)18-13/h5-7H,8H2,1-4H3/b10-7-. The van der Waals surface area contributed by atoms with Gasteiger partial charge in [-0.2, -0.15) is 5.10 Å². The van der Waals surface area contributed by atoms with Crippen molar-refractivity contribution in [1.29, 1.82) is 0 Å². The van der Waals surface area contributed by atoms with E-state index in [1.165, 1.54) is 19.2 Å². The van der Waals surface area contributed by atoms with E-state index in [0.29, 0.717) is 10.6 Å². The van der Waals surface area contributed by atoms with Gasteiger partial charge in [0.25, 0.3) is 5.91 Å². The Morgan fingerprint density at radius 1 is 1.25 bits per heavy atom. The first kappa shape index (κ1) is 18.8. The minimum atomic E-state index is -3.79. The molecule has 0 radical (unpaired) electrons. The summed E-state index contributed by atoms with van der Waals surface area (Å²) in [5.74, 6) is -0.781. The Morgan fingerprint density at radius 2 is 1.88 bits per heavy atom. The molecule has 0 aromatic heterocycles. The van der Waals surface area contributed by atoms with Crippen molar-refractivity contribution in [2.75, 3.05) is 26.9 Å². The summed E-state index contributed by atoms with van der Waals surface area (Å²) in [7, 11) is 1.17. The Labute approximate surface area is 151 Å². The Bertz CT molecular complexity index is 861. The molecule has 1 aromatic carbocycles. The van der Waals surface area contributed by atoms with Gasteiger partial charge in [-0.1, -0.05) is 23.2 Å². The maximum atomic E-state index is 12.7. The molecule has 0 saturated carbocycles. The van der Waals surface area contributed by atoms with Crippen molar-refractivity contribution in [2.45, 2.75) is 11.8 Å². The molecular weight excluding hydrogens is 373 g/mol. The molecule has 0 aliphatic carbocycles. The van der Waals surface area contributed by atoms with Gasteiger partial charge in [0.1, 0.15) is 0 Å². The van der Waals surface area contributed by atoms with Crippen molar-refractivity contribution in [3.63, 3.8) is 0 Å². The molecule has 6 nitrogen and oxygen atoms in total. The number of nitrogens with zero attached hydrogens (tertiary/aromatic N) is 3. The van der Waals surface area contributed by atoms with Gasteiger partial charge in [0, 0.05) is 32.4 Å². The van der Waals surface area contributed by atoms with Gasteiger partial charge in [-0.15, -0.1) is 0 Å². The molecule has 0 unspecified atom stereocenters. The SMILES string of the molecule is Cc1cc(S(=O)(=O)CC2=NN(C)C(=O)/C2=C\N(C)C)c(Cl)cc1Cl. The fraction of sp³-hybridized carbons (Fsp3) is 0.333. The van der Waals surface area contributed by atoms with Crippen molar-refractivity contribution < 1.29 is 13.2 Å². The van der Waals surface area contributed by atoms with Gasteiger partial charge < -0.3 is 4.90 Å². The van der Waals surface area contributed by atoms with Crippen LogP contribution in [-0.4, -0.2) is 56.8 Å². The summed E-state index contributed by atoms with van der Waals surface area (Å²) in [5.41, 5.74) is 1.03. The molecule has 2 rings (SSSR count). The number of likely N-dealkylation sites (N-methyl/N-ethyl adjacent to an activating group) is 1. The van der Waals surface area contributed by atoms with E-state index in [4.69, 9.17) is 23.2 Å². The van der Waals surface area contributed by atoms with E-state index in [0.717, 1.165) is 5.01 Å². The normalized spacial score (nSPS) is 16.8. The summed E-state index contributed by atoms with van der Waals surface area (Å²) < 4.78 is 25.5. The fourth-order valence-electron chi connectivity index (χ4n) is 2.20. The highest BCUT2D eigenvalue weighted by Crippen LogP contribution is 2.30.